The Bertz CT molecular complexity index is 327. The zero-order valence-corrected chi connectivity index (χ0v) is 8.72. The molecular formula is C11H14ClNO. The average Bonchev–Trinajstić information content (AvgIpc) is 2.56. The lowest BCUT2D eigenvalue weighted by Gasteiger charge is -2.09. The summed E-state index contributed by atoms with van der Waals surface area (Å²) >= 11 is 5.92. The van der Waals surface area contributed by atoms with E-state index < -0.39 is 0 Å². The summed E-state index contributed by atoms with van der Waals surface area (Å²) in [6.45, 7) is 0.875. The third kappa shape index (κ3) is 2.08. The predicted octanol–water partition coefficient (Wildman–Crippen LogP) is 1.39. The molecule has 0 heterocycles. The molecule has 2 rings (SSSR count). The van der Waals surface area contributed by atoms with Crippen LogP contribution in [0.1, 0.15) is 11.1 Å². The molecule has 0 saturated carbocycles. The van der Waals surface area contributed by atoms with Crippen molar-refractivity contribution in [3.63, 3.8) is 0 Å². The molecule has 1 atom stereocenters. The minimum Gasteiger partial charge on any atom is -0.395 e. The molecule has 0 radical (unpaired) electrons. The van der Waals surface area contributed by atoms with E-state index in [1.165, 1.54) is 11.1 Å². The van der Waals surface area contributed by atoms with Crippen molar-refractivity contribution in [2.24, 2.45) is 0 Å². The van der Waals surface area contributed by atoms with Crippen LogP contribution in [0.15, 0.2) is 18.2 Å². The quantitative estimate of drug-likeness (QED) is 0.792. The van der Waals surface area contributed by atoms with Crippen LogP contribution in [0.2, 0.25) is 5.02 Å². The first-order chi connectivity index (χ1) is 6.79. The van der Waals surface area contributed by atoms with Gasteiger partial charge in [0.15, 0.2) is 0 Å². The Hall–Kier alpha value is -0.570. The summed E-state index contributed by atoms with van der Waals surface area (Å²) in [7, 11) is 0. The molecular weight excluding hydrogens is 198 g/mol. The van der Waals surface area contributed by atoms with Gasteiger partial charge in [-0.1, -0.05) is 17.7 Å². The van der Waals surface area contributed by atoms with Crippen LogP contribution in [-0.2, 0) is 12.8 Å². The zero-order valence-electron chi connectivity index (χ0n) is 7.96. The first kappa shape index (κ1) is 9.97. The molecule has 1 unspecified atom stereocenters. The highest BCUT2D eigenvalue weighted by Gasteiger charge is 2.20. The highest BCUT2D eigenvalue weighted by Crippen LogP contribution is 2.25. The van der Waals surface area contributed by atoms with Gasteiger partial charge < -0.3 is 10.4 Å². The Labute approximate surface area is 88.9 Å². The van der Waals surface area contributed by atoms with Gasteiger partial charge in [0.25, 0.3) is 0 Å². The van der Waals surface area contributed by atoms with Gasteiger partial charge in [0.2, 0.25) is 0 Å². The van der Waals surface area contributed by atoms with Crippen molar-refractivity contribution in [3.05, 3.63) is 34.3 Å². The van der Waals surface area contributed by atoms with Crippen LogP contribution < -0.4 is 5.32 Å². The second kappa shape index (κ2) is 4.30. The van der Waals surface area contributed by atoms with Gasteiger partial charge in [-0.25, -0.2) is 0 Å². The smallest absolute Gasteiger partial charge is 0.0556 e. The lowest BCUT2D eigenvalue weighted by atomic mass is 10.1. The van der Waals surface area contributed by atoms with Crippen LogP contribution in [0, 0.1) is 0 Å². The number of nitrogens with one attached hydrogen (secondary N) is 1. The molecule has 0 fully saturated rings. The van der Waals surface area contributed by atoms with Gasteiger partial charge in [-0.05, 0) is 36.1 Å². The molecule has 0 aromatic heterocycles. The number of hydrogen-bond acceptors (Lipinski definition) is 2. The maximum atomic E-state index is 8.70. The van der Waals surface area contributed by atoms with Gasteiger partial charge in [0, 0.05) is 17.6 Å². The van der Waals surface area contributed by atoms with Crippen LogP contribution in [0.4, 0.5) is 0 Å². The van der Waals surface area contributed by atoms with Crippen LogP contribution >= 0.6 is 11.6 Å². The van der Waals surface area contributed by atoms with Gasteiger partial charge in [0.1, 0.15) is 0 Å². The monoisotopic (exact) mass is 211 g/mol. The molecule has 1 aliphatic carbocycles. The zero-order chi connectivity index (χ0) is 9.97. The van der Waals surface area contributed by atoms with Crippen molar-refractivity contribution in [3.8, 4) is 0 Å². The lowest BCUT2D eigenvalue weighted by Crippen LogP contribution is -2.31. The summed E-state index contributed by atoms with van der Waals surface area (Å²) < 4.78 is 0. The van der Waals surface area contributed by atoms with E-state index in [1.54, 1.807) is 0 Å². The Kier molecular flexibility index (Phi) is 3.06. The molecule has 2 nitrogen and oxygen atoms in total. The molecule has 0 spiro atoms. The number of benzene rings is 1. The minimum absolute atomic E-state index is 0.202. The largest absolute Gasteiger partial charge is 0.395 e. The Balaban J connectivity index is 2.03. The van der Waals surface area contributed by atoms with Gasteiger partial charge in [0.05, 0.1) is 6.61 Å². The molecule has 76 valence electrons. The molecule has 14 heavy (non-hydrogen) atoms. The number of aliphatic hydroxyl groups is 1. The second-order valence-corrected chi connectivity index (χ2v) is 4.13. The number of hydrogen-bond donors (Lipinski definition) is 2. The molecule has 0 bridgehead atoms. The Morgan fingerprint density at radius 3 is 2.93 bits per heavy atom. The normalized spacial score (nSPS) is 19.7. The summed E-state index contributed by atoms with van der Waals surface area (Å²) in [6.07, 6.45) is 2.07. The summed E-state index contributed by atoms with van der Waals surface area (Å²) in [6, 6.07) is 6.54. The van der Waals surface area contributed by atoms with E-state index in [2.05, 4.69) is 11.4 Å². The summed E-state index contributed by atoms with van der Waals surface area (Å²) in [4.78, 5) is 0. The summed E-state index contributed by atoms with van der Waals surface area (Å²) in [5.41, 5.74) is 2.72. The molecule has 0 saturated heterocycles. The van der Waals surface area contributed by atoms with Crippen molar-refractivity contribution in [2.75, 3.05) is 13.2 Å². The van der Waals surface area contributed by atoms with Crippen molar-refractivity contribution in [1.29, 1.82) is 0 Å². The summed E-state index contributed by atoms with van der Waals surface area (Å²) in [5.74, 6) is 0. The van der Waals surface area contributed by atoms with E-state index in [-0.39, 0.29) is 6.61 Å². The maximum absolute atomic E-state index is 8.70. The standard InChI is InChI=1S/C11H14ClNO/c12-10-2-1-8-6-11(13-3-4-14)7-9(8)5-10/h1-2,5,11,13-14H,3-4,6-7H2. The SMILES string of the molecule is OCCNC1Cc2ccc(Cl)cc2C1. The van der Waals surface area contributed by atoms with Crippen molar-refractivity contribution in [1.82, 2.24) is 5.32 Å². The first-order valence-electron chi connectivity index (χ1n) is 4.91. The highest BCUT2D eigenvalue weighted by molar-refractivity contribution is 6.30. The average molecular weight is 212 g/mol. The van der Waals surface area contributed by atoms with Crippen LogP contribution in [-0.4, -0.2) is 24.3 Å². The molecule has 1 aromatic rings. The van der Waals surface area contributed by atoms with E-state index >= 15 is 0 Å². The Morgan fingerprint density at radius 1 is 1.36 bits per heavy atom. The van der Waals surface area contributed by atoms with E-state index in [0.29, 0.717) is 12.6 Å². The molecule has 1 aliphatic rings. The molecule has 1 aromatic carbocycles. The van der Waals surface area contributed by atoms with Crippen LogP contribution in [0.5, 0.6) is 0 Å². The van der Waals surface area contributed by atoms with Gasteiger partial charge in [-0.15, -0.1) is 0 Å². The van der Waals surface area contributed by atoms with E-state index in [4.69, 9.17) is 16.7 Å². The fourth-order valence-corrected chi connectivity index (χ4v) is 2.19. The van der Waals surface area contributed by atoms with Gasteiger partial charge >= 0.3 is 0 Å². The van der Waals surface area contributed by atoms with Crippen molar-refractivity contribution < 1.29 is 5.11 Å². The van der Waals surface area contributed by atoms with Crippen LogP contribution in [0.25, 0.3) is 0 Å². The summed E-state index contributed by atoms with van der Waals surface area (Å²) in [5, 5.41) is 12.8. The predicted molar refractivity (Wildman–Crippen MR) is 57.7 cm³/mol. The molecule has 0 amide bonds. The number of halogens is 1. The van der Waals surface area contributed by atoms with Crippen molar-refractivity contribution in [2.45, 2.75) is 18.9 Å². The fourth-order valence-electron chi connectivity index (χ4n) is 2.00. The second-order valence-electron chi connectivity index (χ2n) is 3.70. The van der Waals surface area contributed by atoms with Gasteiger partial charge in [-0.3, -0.25) is 0 Å². The van der Waals surface area contributed by atoms with Gasteiger partial charge in [-0.2, -0.15) is 0 Å². The maximum Gasteiger partial charge on any atom is 0.0556 e. The topological polar surface area (TPSA) is 32.3 Å². The Morgan fingerprint density at radius 2 is 2.14 bits per heavy atom. The molecule has 2 N–H and O–H groups in total. The number of aliphatic hydroxyl groups excluding tert-OH is 1. The highest BCUT2D eigenvalue weighted by atomic mass is 35.5. The third-order valence-electron chi connectivity index (χ3n) is 2.65. The number of rotatable bonds is 3. The van der Waals surface area contributed by atoms with E-state index in [1.807, 2.05) is 12.1 Å². The third-order valence-corrected chi connectivity index (χ3v) is 2.88. The first-order valence-corrected chi connectivity index (χ1v) is 5.29. The van der Waals surface area contributed by atoms with Crippen molar-refractivity contribution >= 4 is 11.6 Å². The fraction of sp³-hybridized carbons (Fsp3) is 0.455. The van der Waals surface area contributed by atoms with E-state index in [0.717, 1.165) is 17.9 Å². The van der Waals surface area contributed by atoms with E-state index in [9.17, 15) is 0 Å². The molecule has 0 aliphatic heterocycles. The van der Waals surface area contributed by atoms with Crippen LogP contribution in [0.3, 0.4) is 0 Å². The molecule has 3 heteroatoms. The number of fused-ring (bicyclic) bond motifs is 1. The lowest BCUT2D eigenvalue weighted by molar-refractivity contribution is 0.285. The minimum atomic E-state index is 0.202.